The van der Waals surface area contributed by atoms with Gasteiger partial charge in [-0.25, -0.2) is 4.79 Å². The first kappa shape index (κ1) is 31.0. The van der Waals surface area contributed by atoms with Crippen LogP contribution in [0.15, 0.2) is 4.99 Å². The monoisotopic (exact) mass is 503 g/mol. The van der Waals surface area contributed by atoms with Gasteiger partial charge in [0, 0.05) is 6.54 Å². The molecule has 0 bridgehead atoms. The van der Waals surface area contributed by atoms with Crippen LogP contribution in [0.5, 0.6) is 0 Å². The predicted octanol–water partition coefficient (Wildman–Crippen LogP) is -3.49. The molecule has 4 unspecified atom stereocenters. The van der Waals surface area contributed by atoms with E-state index in [0.29, 0.717) is 6.42 Å². The first-order valence-electron chi connectivity index (χ1n) is 10.5. The zero-order chi connectivity index (χ0) is 27.3. The lowest BCUT2D eigenvalue weighted by Crippen LogP contribution is -2.58. The third-order valence-electron chi connectivity index (χ3n) is 4.56. The van der Waals surface area contributed by atoms with Crippen LogP contribution in [0.1, 0.15) is 39.5 Å². The van der Waals surface area contributed by atoms with Crippen molar-refractivity contribution in [3.63, 3.8) is 0 Å². The molecule has 0 fully saturated rings. The standard InChI is InChI=1S/C19H33N7O9/c1-8(2)14(18(34)35)26-17(33)11(7-13(29)30)25-16(32)10(6-12(27)28)24-15(31)9(20)4-3-5-23-19(21)22/h8-11,14H,3-7,20H2,1-2H3,(H,24,31)(H,25,32)(H,26,33)(H,27,28)(H,29,30)(H,34,35)(H4,21,22,23). The number of rotatable bonds is 16. The van der Waals surface area contributed by atoms with E-state index in [1.54, 1.807) is 0 Å². The Labute approximate surface area is 200 Å². The zero-order valence-corrected chi connectivity index (χ0v) is 19.4. The number of amides is 3. The second kappa shape index (κ2) is 15.0. The second-order valence-electron chi connectivity index (χ2n) is 7.94. The molecule has 0 spiro atoms. The number of nitrogens with two attached hydrogens (primary N) is 3. The van der Waals surface area contributed by atoms with Crippen LogP contribution in [0, 0.1) is 5.92 Å². The number of carbonyl (C=O) groups excluding carboxylic acids is 3. The first-order chi connectivity index (χ1) is 16.1. The van der Waals surface area contributed by atoms with Crippen molar-refractivity contribution in [1.82, 2.24) is 16.0 Å². The SMILES string of the molecule is CC(C)C(NC(=O)C(CC(=O)O)NC(=O)C(CC(=O)O)NC(=O)C(N)CCCN=C(N)N)C(=O)O. The highest BCUT2D eigenvalue weighted by Gasteiger charge is 2.33. The average molecular weight is 504 g/mol. The zero-order valence-electron chi connectivity index (χ0n) is 19.4. The lowest BCUT2D eigenvalue weighted by atomic mass is 10.0. The van der Waals surface area contributed by atoms with Gasteiger partial charge in [-0.3, -0.25) is 29.0 Å². The molecule has 3 amide bonds. The minimum Gasteiger partial charge on any atom is -0.481 e. The maximum absolute atomic E-state index is 12.7. The van der Waals surface area contributed by atoms with Crippen LogP contribution in [-0.2, 0) is 28.8 Å². The summed E-state index contributed by atoms with van der Waals surface area (Å²) in [5.41, 5.74) is 16.1. The van der Waals surface area contributed by atoms with Gasteiger partial charge in [0.2, 0.25) is 17.7 Å². The van der Waals surface area contributed by atoms with Crippen molar-refractivity contribution in [3.05, 3.63) is 0 Å². The Morgan fingerprint density at radius 2 is 1.26 bits per heavy atom. The van der Waals surface area contributed by atoms with E-state index in [9.17, 15) is 33.9 Å². The molecule has 35 heavy (non-hydrogen) atoms. The van der Waals surface area contributed by atoms with Crippen molar-refractivity contribution in [1.29, 1.82) is 0 Å². The van der Waals surface area contributed by atoms with Gasteiger partial charge in [0.1, 0.15) is 18.1 Å². The lowest BCUT2D eigenvalue weighted by Gasteiger charge is -2.25. The van der Waals surface area contributed by atoms with Gasteiger partial charge >= 0.3 is 17.9 Å². The number of hydrogen-bond acceptors (Lipinski definition) is 8. The van der Waals surface area contributed by atoms with E-state index < -0.39 is 78.6 Å². The van der Waals surface area contributed by atoms with Crippen LogP contribution in [-0.4, -0.2) is 87.6 Å². The van der Waals surface area contributed by atoms with Crippen LogP contribution >= 0.6 is 0 Å². The Hall–Kier alpha value is -3.95. The number of aliphatic carboxylic acids is 3. The van der Waals surface area contributed by atoms with E-state index in [2.05, 4.69) is 20.9 Å². The highest BCUT2D eigenvalue weighted by molar-refractivity contribution is 5.96. The topological polar surface area (TPSA) is 290 Å². The van der Waals surface area contributed by atoms with Crippen LogP contribution < -0.4 is 33.2 Å². The summed E-state index contributed by atoms with van der Waals surface area (Å²) in [6, 6.07) is -5.97. The van der Waals surface area contributed by atoms with Gasteiger partial charge in [-0.15, -0.1) is 0 Å². The van der Waals surface area contributed by atoms with Gasteiger partial charge in [0.15, 0.2) is 5.96 Å². The van der Waals surface area contributed by atoms with Crippen LogP contribution in [0.4, 0.5) is 0 Å². The van der Waals surface area contributed by atoms with E-state index in [0.717, 1.165) is 0 Å². The van der Waals surface area contributed by atoms with Gasteiger partial charge in [0.05, 0.1) is 18.9 Å². The molecule has 198 valence electrons. The number of carboxylic acids is 3. The molecule has 0 aromatic rings. The van der Waals surface area contributed by atoms with Crippen molar-refractivity contribution >= 4 is 41.6 Å². The minimum atomic E-state index is -1.75. The largest absolute Gasteiger partial charge is 0.481 e. The molecule has 0 aromatic heterocycles. The lowest BCUT2D eigenvalue weighted by molar-refractivity contribution is -0.145. The maximum Gasteiger partial charge on any atom is 0.326 e. The van der Waals surface area contributed by atoms with Crippen molar-refractivity contribution < 1.29 is 44.1 Å². The summed E-state index contributed by atoms with van der Waals surface area (Å²) < 4.78 is 0. The van der Waals surface area contributed by atoms with Gasteiger partial charge in [-0.2, -0.15) is 0 Å². The predicted molar refractivity (Wildman–Crippen MR) is 121 cm³/mol. The Kier molecular flexibility index (Phi) is 13.4. The molecule has 0 aliphatic heterocycles. The summed E-state index contributed by atoms with van der Waals surface area (Å²) in [6.45, 7) is 3.19. The Balaban J connectivity index is 5.43. The number of carbonyl (C=O) groups is 6. The Morgan fingerprint density at radius 3 is 1.66 bits per heavy atom. The van der Waals surface area contributed by atoms with Gasteiger partial charge in [-0.05, 0) is 18.8 Å². The maximum atomic E-state index is 12.7. The summed E-state index contributed by atoms with van der Waals surface area (Å²) in [4.78, 5) is 74.9. The quantitative estimate of drug-likeness (QED) is 0.0563. The molecule has 0 aromatic carbocycles. The molecule has 0 aliphatic carbocycles. The van der Waals surface area contributed by atoms with E-state index in [-0.39, 0.29) is 18.9 Å². The number of hydrogen-bond donors (Lipinski definition) is 9. The molecule has 0 aliphatic rings. The summed E-state index contributed by atoms with van der Waals surface area (Å²) in [6.07, 6.45) is -1.42. The fraction of sp³-hybridized carbons (Fsp3) is 0.632. The molecule has 12 N–H and O–H groups in total. The summed E-state index contributed by atoms with van der Waals surface area (Å²) in [7, 11) is 0. The molecule has 0 radical (unpaired) electrons. The second-order valence-corrected chi connectivity index (χ2v) is 7.94. The van der Waals surface area contributed by atoms with Crippen molar-refractivity contribution in [2.75, 3.05) is 6.54 Å². The van der Waals surface area contributed by atoms with E-state index in [1.807, 2.05) is 0 Å². The van der Waals surface area contributed by atoms with Crippen molar-refractivity contribution in [2.24, 2.45) is 28.1 Å². The molecule has 16 nitrogen and oxygen atoms in total. The normalized spacial score (nSPS) is 14.1. The van der Waals surface area contributed by atoms with E-state index in [1.165, 1.54) is 13.8 Å². The first-order valence-corrected chi connectivity index (χ1v) is 10.5. The van der Waals surface area contributed by atoms with Crippen LogP contribution in [0.25, 0.3) is 0 Å². The molecule has 16 heteroatoms. The Bertz CT molecular complexity index is 827. The fourth-order valence-corrected chi connectivity index (χ4v) is 2.74. The van der Waals surface area contributed by atoms with Gasteiger partial charge in [0.25, 0.3) is 0 Å². The number of aliphatic imine (C=N–C) groups is 1. The smallest absolute Gasteiger partial charge is 0.326 e. The van der Waals surface area contributed by atoms with Gasteiger partial charge in [-0.1, -0.05) is 13.8 Å². The van der Waals surface area contributed by atoms with E-state index in [4.69, 9.17) is 27.4 Å². The average Bonchev–Trinajstić information content (AvgIpc) is 2.72. The highest BCUT2D eigenvalue weighted by Crippen LogP contribution is 2.05. The van der Waals surface area contributed by atoms with Crippen LogP contribution in [0.2, 0.25) is 0 Å². The third kappa shape index (κ3) is 12.8. The number of nitrogens with one attached hydrogen (secondary N) is 3. The van der Waals surface area contributed by atoms with Crippen LogP contribution in [0.3, 0.4) is 0 Å². The summed E-state index contributed by atoms with van der Waals surface area (Å²) in [5.74, 6) is -8.22. The number of carboxylic acid groups (broad SMARTS) is 3. The molecule has 0 rings (SSSR count). The molecule has 0 saturated heterocycles. The molecule has 0 saturated carbocycles. The van der Waals surface area contributed by atoms with Crippen molar-refractivity contribution in [2.45, 2.75) is 63.7 Å². The van der Waals surface area contributed by atoms with Crippen molar-refractivity contribution in [3.8, 4) is 0 Å². The number of nitrogens with zero attached hydrogens (tertiary/aromatic N) is 1. The third-order valence-corrected chi connectivity index (χ3v) is 4.56. The minimum absolute atomic E-state index is 0.0971. The van der Waals surface area contributed by atoms with E-state index >= 15 is 0 Å². The molecule has 4 atom stereocenters. The number of guanidine groups is 1. The fourth-order valence-electron chi connectivity index (χ4n) is 2.74. The molecular formula is C19H33N7O9. The summed E-state index contributed by atoms with van der Waals surface area (Å²) >= 11 is 0. The van der Waals surface area contributed by atoms with Gasteiger partial charge < -0.3 is 48.5 Å². The molecular weight excluding hydrogens is 470 g/mol. The summed E-state index contributed by atoms with van der Waals surface area (Å²) in [5, 5.41) is 33.8. The molecule has 0 heterocycles. The Morgan fingerprint density at radius 1 is 0.800 bits per heavy atom. The highest BCUT2D eigenvalue weighted by atomic mass is 16.4.